The number of carbonyl (C=O) groups is 3. The zero-order chi connectivity index (χ0) is 36.5. The summed E-state index contributed by atoms with van der Waals surface area (Å²) < 4.78 is 0. The van der Waals surface area contributed by atoms with Crippen LogP contribution < -0.4 is 0 Å². The molecule has 2 saturated heterocycles. The molecule has 13 heteroatoms. The summed E-state index contributed by atoms with van der Waals surface area (Å²) in [6, 6.07) is 24.2. The fourth-order valence-corrected chi connectivity index (χ4v) is 7.56. The highest BCUT2D eigenvalue weighted by Gasteiger charge is 2.39. The quantitative estimate of drug-likeness (QED) is 0.127. The van der Waals surface area contributed by atoms with E-state index in [4.69, 9.17) is 0 Å². The van der Waals surface area contributed by atoms with E-state index in [9.17, 15) is 19.5 Å². The molecule has 3 aromatic heterocycles. The average molecular weight is 710 g/mol. The van der Waals surface area contributed by atoms with E-state index in [2.05, 4.69) is 66.3 Å². The maximum Gasteiger partial charge on any atom is 0.407 e. The van der Waals surface area contributed by atoms with Crippen molar-refractivity contribution >= 4 is 17.9 Å². The van der Waals surface area contributed by atoms with Crippen molar-refractivity contribution in [1.82, 2.24) is 44.6 Å². The Hall–Kier alpha value is -6.50. The van der Waals surface area contributed by atoms with Crippen LogP contribution in [0.2, 0.25) is 0 Å². The van der Waals surface area contributed by atoms with Crippen LogP contribution in [0.5, 0.6) is 0 Å². The number of likely N-dealkylation sites (tertiary alicyclic amines) is 2. The van der Waals surface area contributed by atoms with E-state index in [1.165, 1.54) is 13.4 Å². The molecule has 2 fully saturated rings. The number of nitrogens with one attached hydrogen (secondary N) is 3. The number of H-pyrrole nitrogens is 3. The third-order valence-electron chi connectivity index (χ3n) is 10.4. The third-order valence-corrected chi connectivity index (χ3v) is 10.4. The first-order chi connectivity index (χ1) is 25.9. The van der Waals surface area contributed by atoms with Crippen LogP contribution in [0.1, 0.15) is 71.5 Å². The second-order valence-corrected chi connectivity index (χ2v) is 13.5. The predicted octanol–water partition coefficient (Wildman–Crippen LogP) is 6.85. The van der Waals surface area contributed by atoms with E-state index in [1.807, 2.05) is 41.4 Å². The molecule has 0 bridgehead atoms. The summed E-state index contributed by atoms with van der Waals surface area (Å²) in [5, 5.41) is 9.77. The van der Waals surface area contributed by atoms with Crippen molar-refractivity contribution in [2.75, 3.05) is 20.1 Å². The van der Waals surface area contributed by atoms with Gasteiger partial charge in [-0.2, -0.15) is 0 Å². The lowest BCUT2D eigenvalue weighted by Crippen LogP contribution is -2.43. The molecule has 268 valence electrons. The Labute approximate surface area is 305 Å². The number of imidazole rings is 3. The van der Waals surface area contributed by atoms with Crippen molar-refractivity contribution in [1.29, 1.82) is 0 Å². The third kappa shape index (κ3) is 6.57. The van der Waals surface area contributed by atoms with Gasteiger partial charge in [0.15, 0.2) is 0 Å². The highest BCUT2D eigenvalue weighted by atomic mass is 16.4. The number of amides is 3. The fourth-order valence-electron chi connectivity index (χ4n) is 7.56. The number of benzene rings is 3. The summed E-state index contributed by atoms with van der Waals surface area (Å²) in [5.74, 6) is 1.13. The Balaban J connectivity index is 0.942. The summed E-state index contributed by atoms with van der Waals surface area (Å²) in [5.41, 5.74) is 6.93. The van der Waals surface area contributed by atoms with Crippen LogP contribution in [0.3, 0.4) is 0 Å². The SMILES string of the molecule is CN(C(=O)O)[C@@H](C(=O)N1CCC[C@H]1c1ncc(-c2ccc(-c3ccc(-c4cnc([C@@H]5CCCN5C(=O)c5cnc[nH]5)[nH]4)cc3)cc2)[nH]1)c1ccccc1. The summed E-state index contributed by atoms with van der Waals surface area (Å²) in [4.78, 5) is 66.7. The van der Waals surface area contributed by atoms with Gasteiger partial charge in [-0.1, -0.05) is 78.9 Å². The van der Waals surface area contributed by atoms with Gasteiger partial charge in [-0.05, 0) is 53.5 Å². The highest BCUT2D eigenvalue weighted by molar-refractivity contribution is 5.92. The molecule has 2 aliphatic heterocycles. The van der Waals surface area contributed by atoms with Gasteiger partial charge in [0.2, 0.25) is 0 Å². The first-order valence-electron chi connectivity index (χ1n) is 17.8. The minimum atomic E-state index is -1.16. The van der Waals surface area contributed by atoms with E-state index in [0.717, 1.165) is 70.0 Å². The van der Waals surface area contributed by atoms with Crippen LogP contribution in [-0.2, 0) is 4.79 Å². The number of hydrogen-bond acceptors (Lipinski definition) is 6. The summed E-state index contributed by atoms with van der Waals surface area (Å²) >= 11 is 0. The zero-order valence-corrected chi connectivity index (χ0v) is 29.1. The van der Waals surface area contributed by atoms with Crippen LogP contribution in [0, 0.1) is 0 Å². The first kappa shape index (κ1) is 33.6. The highest BCUT2D eigenvalue weighted by Crippen LogP contribution is 2.36. The van der Waals surface area contributed by atoms with Crippen molar-refractivity contribution < 1.29 is 19.5 Å². The molecule has 0 radical (unpaired) electrons. The number of aromatic amines is 3. The minimum absolute atomic E-state index is 0.0707. The van der Waals surface area contributed by atoms with E-state index >= 15 is 0 Å². The smallest absolute Gasteiger partial charge is 0.407 e. The Morgan fingerprint density at radius 1 is 0.736 bits per heavy atom. The van der Waals surface area contributed by atoms with E-state index < -0.39 is 12.1 Å². The van der Waals surface area contributed by atoms with Crippen molar-refractivity contribution in [2.45, 2.75) is 43.8 Å². The zero-order valence-electron chi connectivity index (χ0n) is 29.1. The maximum absolute atomic E-state index is 13.9. The second kappa shape index (κ2) is 14.3. The van der Waals surface area contributed by atoms with Gasteiger partial charge < -0.3 is 29.9 Å². The standard InChI is InChI=1S/C40H39N9O4/c1-47(40(52)53)35(29-7-3-2-4-8-29)39(51)49-20-6-10-34(49)37-43-23-31(46-37)28-17-13-26(14-18-28)25-11-15-27(16-12-25)30-22-42-36(45-30)33-9-5-19-48(33)38(50)32-21-41-24-44-32/h2-4,7-8,11-18,21-24,33-35H,5-6,9-10,19-20H2,1H3,(H,41,44)(H,42,45)(H,43,46)(H,52,53)/t33-,34-,35+/m0/s1. The van der Waals surface area contributed by atoms with E-state index in [0.29, 0.717) is 30.2 Å². The number of rotatable bonds is 9. The molecule has 13 nitrogen and oxygen atoms in total. The summed E-state index contributed by atoms with van der Waals surface area (Å²) in [7, 11) is 1.43. The molecule has 0 saturated carbocycles. The van der Waals surface area contributed by atoms with E-state index in [-0.39, 0.29) is 23.9 Å². The molecule has 4 N–H and O–H groups in total. The molecule has 8 rings (SSSR count). The summed E-state index contributed by atoms with van der Waals surface area (Å²) in [6.45, 7) is 1.20. The number of aromatic nitrogens is 6. The molecule has 0 aliphatic carbocycles. The number of carboxylic acid groups (broad SMARTS) is 1. The molecule has 3 aromatic carbocycles. The molecule has 0 unspecified atom stereocenters. The van der Waals surface area contributed by atoms with Gasteiger partial charge in [0.05, 0.1) is 48.4 Å². The van der Waals surface area contributed by atoms with Crippen LogP contribution in [0.15, 0.2) is 104 Å². The van der Waals surface area contributed by atoms with Gasteiger partial charge in [0, 0.05) is 20.1 Å². The van der Waals surface area contributed by atoms with Crippen LogP contribution in [0.4, 0.5) is 4.79 Å². The lowest BCUT2D eigenvalue weighted by molar-refractivity contribution is -0.137. The van der Waals surface area contributed by atoms with Gasteiger partial charge in [0.25, 0.3) is 11.8 Å². The molecule has 6 aromatic rings. The Morgan fingerprint density at radius 3 is 1.79 bits per heavy atom. The molecule has 0 spiro atoms. The van der Waals surface area contributed by atoms with Gasteiger partial charge in [0.1, 0.15) is 23.4 Å². The van der Waals surface area contributed by atoms with E-state index in [1.54, 1.807) is 29.4 Å². The van der Waals surface area contributed by atoms with Crippen molar-refractivity contribution in [2.24, 2.45) is 0 Å². The van der Waals surface area contributed by atoms with Gasteiger partial charge in [-0.25, -0.2) is 19.7 Å². The number of carbonyl (C=O) groups excluding carboxylic acids is 2. The average Bonchev–Trinajstić information content (AvgIpc) is 4.05. The maximum atomic E-state index is 13.9. The fraction of sp³-hybridized carbons (Fsp3) is 0.250. The van der Waals surface area contributed by atoms with Crippen molar-refractivity contribution in [3.05, 3.63) is 127 Å². The van der Waals surface area contributed by atoms with Crippen LogP contribution in [-0.4, -0.2) is 87.8 Å². The van der Waals surface area contributed by atoms with Gasteiger partial charge >= 0.3 is 6.09 Å². The molecule has 2 aliphatic rings. The van der Waals surface area contributed by atoms with Crippen LogP contribution >= 0.6 is 0 Å². The number of nitrogens with zero attached hydrogens (tertiary/aromatic N) is 6. The Morgan fingerprint density at radius 2 is 1.26 bits per heavy atom. The molecule has 53 heavy (non-hydrogen) atoms. The molecular formula is C40H39N9O4. The van der Waals surface area contributed by atoms with Crippen molar-refractivity contribution in [3.8, 4) is 33.6 Å². The number of likely N-dealkylation sites (N-methyl/N-ethyl adjacent to an activating group) is 1. The lowest BCUT2D eigenvalue weighted by atomic mass is 10.0. The minimum Gasteiger partial charge on any atom is -0.465 e. The Bertz CT molecular complexity index is 2210. The predicted molar refractivity (Wildman–Crippen MR) is 197 cm³/mol. The monoisotopic (exact) mass is 709 g/mol. The second-order valence-electron chi connectivity index (χ2n) is 13.5. The molecule has 3 atom stereocenters. The topological polar surface area (TPSA) is 167 Å². The molecular weight excluding hydrogens is 670 g/mol. The van der Waals surface area contributed by atoms with Gasteiger partial charge in [-0.3, -0.25) is 14.5 Å². The largest absolute Gasteiger partial charge is 0.465 e. The summed E-state index contributed by atoms with van der Waals surface area (Å²) in [6.07, 6.45) is 8.81. The molecule has 3 amide bonds. The number of hydrogen-bond donors (Lipinski definition) is 4. The first-order valence-corrected chi connectivity index (χ1v) is 17.8. The molecule has 5 heterocycles. The Kier molecular flexibility index (Phi) is 9.05. The lowest BCUT2D eigenvalue weighted by Gasteiger charge is -2.32. The van der Waals surface area contributed by atoms with Crippen molar-refractivity contribution in [3.63, 3.8) is 0 Å². The van der Waals surface area contributed by atoms with Crippen LogP contribution in [0.25, 0.3) is 33.6 Å². The normalized spacial score (nSPS) is 17.6. The van der Waals surface area contributed by atoms with Gasteiger partial charge in [-0.15, -0.1) is 0 Å².